The second kappa shape index (κ2) is 7.38. The van der Waals surface area contributed by atoms with Crippen molar-refractivity contribution in [2.24, 2.45) is 0 Å². The van der Waals surface area contributed by atoms with Gasteiger partial charge in [0, 0.05) is 5.56 Å². The van der Waals surface area contributed by atoms with Gasteiger partial charge >= 0.3 is 17.9 Å². The minimum atomic E-state index is -1.66. The zero-order chi connectivity index (χ0) is 20.5. The van der Waals surface area contributed by atoms with E-state index in [1.807, 2.05) is 4.98 Å². The van der Waals surface area contributed by atoms with Crippen LogP contribution in [0.2, 0.25) is 5.02 Å². The molecule has 1 aromatic carbocycles. The molecule has 1 atom stereocenters. The predicted molar refractivity (Wildman–Crippen MR) is 93.6 cm³/mol. The minimum Gasteiger partial charge on any atom is -0.479 e. The van der Waals surface area contributed by atoms with Crippen LogP contribution < -0.4 is 16.0 Å². The van der Waals surface area contributed by atoms with Crippen molar-refractivity contribution in [1.29, 1.82) is 0 Å². The van der Waals surface area contributed by atoms with Crippen molar-refractivity contribution in [3.8, 4) is 16.9 Å². The van der Waals surface area contributed by atoms with E-state index in [0.29, 0.717) is 0 Å². The third kappa shape index (κ3) is 3.85. The molecule has 2 rings (SSSR count). The number of pyridine rings is 1. The Morgan fingerprint density at radius 1 is 1.15 bits per heavy atom. The van der Waals surface area contributed by atoms with Crippen LogP contribution in [0.25, 0.3) is 11.1 Å². The lowest BCUT2D eigenvalue weighted by Gasteiger charge is -2.15. The number of carboxylic acid groups (broad SMARTS) is 3. The Kier molecular flexibility index (Phi) is 5.41. The van der Waals surface area contributed by atoms with E-state index in [1.165, 1.54) is 19.1 Å². The van der Waals surface area contributed by atoms with Gasteiger partial charge in [0.25, 0.3) is 5.56 Å². The predicted octanol–water partition coefficient (Wildman–Crippen LogP) is 1.53. The van der Waals surface area contributed by atoms with E-state index in [0.717, 1.165) is 6.07 Å². The number of ether oxygens (including phenoxy) is 1. The van der Waals surface area contributed by atoms with Gasteiger partial charge in [0.1, 0.15) is 22.7 Å². The molecule has 0 bridgehead atoms. The number of hydrogen-bond donors (Lipinski definition) is 5. The number of nitrogens with one attached hydrogen (secondary N) is 1. The molecular formula is C16H13ClN2O8. The van der Waals surface area contributed by atoms with Crippen molar-refractivity contribution in [3.05, 3.63) is 44.7 Å². The zero-order valence-electron chi connectivity index (χ0n) is 13.6. The number of carboxylic acids is 3. The van der Waals surface area contributed by atoms with Crippen molar-refractivity contribution in [2.45, 2.75) is 13.0 Å². The molecule has 0 aliphatic rings. The van der Waals surface area contributed by atoms with Gasteiger partial charge in [0.05, 0.1) is 5.02 Å². The SMILES string of the molecule is CC(Oc1ccc(-c2c(C(=O)O)c(N)[nH]c(=O)c2C(=O)O)cc1Cl)C(=O)O. The Labute approximate surface area is 155 Å². The van der Waals surface area contributed by atoms with Gasteiger partial charge in [-0.15, -0.1) is 0 Å². The van der Waals surface area contributed by atoms with Gasteiger partial charge in [-0.1, -0.05) is 17.7 Å². The first-order valence-corrected chi connectivity index (χ1v) is 7.64. The largest absolute Gasteiger partial charge is 0.479 e. The number of rotatable bonds is 6. The summed E-state index contributed by atoms with van der Waals surface area (Å²) in [5, 5.41) is 27.5. The quantitative estimate of drug-likeness (QED) is 0.483. The Hall–Kier alpha value is -3.53. The van der Waals surface area contributed by atoms with Crippen LogP contribution in [0.3, 0.4) is 0 Å². The number of H-pyrrole nitrogens is 1. The molecule has 0 saturated heterocycles. The van der Waals surface area contributed by atoms with Crippen LogP contribution in [-0.4, -0.2) is 44.3 Å². The van der Waals surface area contributed by atoms with Gasteiger partial charge < -0.3 is 30.8 Å². The van der Waals surface area contributed by atoms with Crippen molar-refractivity contribution < 1.29 is 34.4 Å². The van der Waals surface area contributed by atoms with E-state index in [9.17, 15) is 29.4 Å². The summed E-state index contributed by atoms with van der Waals surface area (Å²) in [6, 6.07) is 3.62. The lowest BCUT2D eigenvalue weighted by atomic mass is 9.95. The van der Waals surface area contributed by atoms with Crippen LogP contribution >= 0.6 is 11.6 Å². The minimum absolute atomic E-state index is 0.0251. The number of halogens is 1. The molecule has 0 spiro atoms. The summed E-state index contributed by atoms with van der Waals surface area (Å²) in [6.07, 6.45) is -1.22. The highest BCUT2D eigenvalue weighted by atomic mass is 35.5. The maximum atomic E-state index is 12.0. The topological polar surface area (TPSA) is 180 Å². The van der Waals surface area contributed by atoms with Crippen molar-refractivity contribution >= 4 is 35.3 Å². The number of benzene rings is 1. The maximum absolute atomic E-state index is 12.0. The third-order valence-corrected chi connectivity index (χ3v) is 3.84. The highest BCUT2D eigenvalue weighted by Crippen LogP contribution is 2.35. The molecule has 11 heteroatoms. The van der Waals surface area contributed by atoms with Gasteiger partial charge in [0.2, 0.25) is 0 Å². The Balaban J connectivity index is 2.73. The zero-order valence-corrected chi connectivity index (χ0v) is 14.4. The smallest absolute Gasteiger partial charge is 0.344 e. The molecule has 0 radical (unpaired) electrons. The summed E-state index contributed by atoms with van der Waals surface area (Å²) in [5.74, 6) is -5.01. The van der Waals surface area contributed by atoms with E-state index in [4.69, 9.17) is 27.2 Å². The average Bonchev–Trinajstić information content (AvgIpc) is 2.54. The van der Waals surface area contributed by atoms with Gasteiger partial charge in [-0.3, -0.25) is 4.79 Å². The molecule has 0 amide bonds. The van der Waals surface area contributed by atoms with Crippen molar-refractivity contribution in [2.75, 3.05) is 5.73 Å². The van der Waals surface area contributed by atoms with Crippen molar-refractivity contribution in [1.82, 2.24) is 4.98 Å². The second-order valence-electron chi connectivity index (χ2n) is 5.35. The first-order chi connectivity index (χ1) is 12.5. The second-order valence-corrected chi connectivity index (χ2v) is 5.75. The molecule has 1 unspecified atom stereocenters. The molecule has 142 valence electrons. The van der Waals surface area contributed by atoms with Crippen LogP contribution in [0, 0.1) is 0 Å². The van der Waals surface area contributed by atoms with E-state index in [1.54, 1.807) is 0 Å². The number of anilines is 1. The molecule has 0 saturated carbocycles. The van der Waals surface area contributed by atoms with Crippen LogP contribution in [0.5, 0.6) is 5.75 Å². The number of nitrogens with two attached hydrogens (primary N) is 1. The molecule has 1 heterocycles. The molecular weight excluding hydrogens is 384 g/mol. The lowest BCUT2D eigenvalue weighted by molar-refractivity contribution is -0.144. The first kappa shape index (κ1) is 19.8. The molecule has 1 aromatic heterocycles. The summed E-state index contributed by atoms with van der Waals surface area (Å²) in [5.41, 5.74) is 2.55. The van der Waals surface area contributed by atoms with Gasteiger partial charge in [-0.2, -0.15) is 0 Å². The molecule has 10 nitrogen and oxygen atoms in total. The number of nitrogen functional groups attached to an aromatic ring is 1. The highest BCUT2D eigenvalue weighted by molar-refractivity contribution is 6.32. The van der Waals surface area contributed by atoms with E-state index < -0.39 is 52.1 Å². The summed E-state index contributed by atoms with van der Waals surface area (Å²) in [6.45, 7) is 1.27. The number of aliphatic carboxylic acids is 1. The van der Waals surface area contributed by atoms with E-state index in [-0.39, 0.29) is 16.3 Å². The summed E-state index contributed by atoms with van der Waals surface area (Å²) < 4.78 is 5.14. The normalized spacial score (nSPS) is 11.6. The first-order valence-electron chi connectivity index (χ1n) is 7.26. The lowest BCUT2D eigenvalue weighted by Crippen LogP contribution is -2.24. The van der Waals surface area contributed by atoms with Crippen LogP contribution in [0.1, 0.15) is 27.6 Å². The summed E-state index contributed by atoms with van der Waals surface area (Å²) in [7, 11) is 0. The van der Waals surface area contributed by atoms with Crippen LogP contribution in [0.4, 0.5) is 5.82 Å². The van der Waals surface area contributed by atoms with E-state index in [2.05, 4.69) is 0 Å². The fourth-order valence-electron chi connectivity index (χ4n) is 2.33. The summed E-state index contributed by atoms with van der Waals surface area (Å²) >= 11 is 6.04. The summed E-state index contributed by atoms with van der Waals surface area (Å²) in [4.78, 5) is 47.9. The molecule has 0 aliphatic carbocycles. The molecule has 2 aromatic rings. The number of aromatic nitrogens is 1. The number of carbonyl (C=O) groups is 3. The van der Waals surface area contributed by atoms with E-state index >= 15 is 0 Å². The fraction of sp³-hybridized carbons (Fsp3) is 0.125. The van der Waals surface area contributed by atoms with Crippen LogP contribution in [-0.2, 0) is 4.79 Å². The highest BCUT2D eigenvalue weighted by Gasteiger charge is 2.27. The Morgan fingerprint density at radius 3 is 2.22 bits per heavy atom. The van der Waals surface area contributed by atoms with Crippen molar-refractivity contribution in [3.63, 3.8) is 0 Å². The fourth-order valence-corrected chi connectivity index (χ4v) is 2.55. The van der Waals surface area contributed by atoms with Crippen LogP contribution in [0.15, 0.2) is 23.0 Å². The molecule has 0 fully saturated rings. The Morgan fingerprint density at radius 2 is 1.74 bits per heavy atom. The molecule has 6 N–H and O–H groups in total. The standard InChI is InChI=1S/C16H13ClN2O8/c1-5(14(21)22)27-8-3-2-6(4-7(8)17)9-10(15(23)24)12(18)19-13(20)11(9)16(25)26/h2-5H,1H3,(H,21,22)(H,23,24)(H,25,26)(H3,18,19,20). The molecule has 27 heavy (non-hydrogen) atoms. The monoisotopic (exact) mass is 396 g/mol. The average molecular weight is 397 g/mol. The third-order valence-electron chi connectivity index (χ3n) is 3.54. The molecule has 0 aliphatic heterocycles. The van der Waals surface area contributed by atoms with Gasteiger partial charge in [-0.05, 0) is 24.6 Å². The Bertz CT molecular complexity index is 1010. The number of aromatic carboxylic acids is 2. The maximum Gasteiger partial charge on any atom is 0.344 e. The number of hydrogen-bond acceptors (Lipinski definition) is 6. The van der Waals surface area contributed by atoms with Gasteiger partial charge in [0.15, 0.2) is 6.10 Å². The van der Waals surface area contributed by atoms with Gasteiger partial charge in [-0.25, -0.2) is 14.4 Å². The number of aromatic amines is 1.